The number of rotatable bonds is 3. The zero-order chi connectivity index (χ0) is 14.0. The van der Waals surface area contributed by atoms with Crippen LogP contribution < -0.4 is 10.6 Å². The van der Waals surface area contributed by atoms with E-state index in [0.29, 0.717) is 18.3 Å². The summed E-state index contributed by atoms with van der Waals surface area (Å²) in [4.78, 5) is 12.0. The van der Waals surface area contributed by atoms with Gasteiger partial charge < -0.3 is 10.6 Å². The van der Waals surface area contributed by atoms with Crippen LogP contribution in [0.15, 0.2) is 6.07 Å². The van der Waals surface area contributed by atoms with Crippen molar-refractivity contribution in [2.24, 2.45) is 12.5 Å². The maximum Gasteiger partial charge on any atom is 0.271 e. The normalized spacial score (nSPS) is 21.1. The molecule has 1 amide bonds. The average molecular weight is 301 g/mol. The molecule has 0 radical (unpaired) electrons. The van der Waals surface area contributed by atoms with Crippen LogP contribution >= 0.6 is 12.4 Å². The molecule has 1 fully saturated rings. The van der Waals surface area contributed by atoms with Crippen molar-refractivity contribution < 1.29 is 4.79 Å². The standard InChI is InChI=1S/C14H24N4O.ClH/c1-10-8-11(17-18(10)4)13(19)16-9-12-14(2,3)6-5-7-15-12;/h8,12,15H,5-7,9H2,1-4H3,(H,16,19);1H. The van der Waals surface area contributed by atoms with Gasteiger partial charge >= 0.3 is 0 Å². The first-order valence-corrected chi connectivity index (χ1v) is 6.92. The van der Waals surface area contributed by atoms with Crippen molar-refractivity contribution in [3.63, 3.8) is 0 Å². The van der Waals surface area contributed by atoms with Crippen LogP contribution in [-0.2, 0) is 7.05 Å². The van der Waals surface area contributed by atoms with E-state index in [-0.39, 0.29) is 23.7 Å². The van der Waals surface area contributed by atoms with Crippen LogP contribution in [0.5, 0.6) is 0 Å². The number of hydrogen-bond acceptors (Lipinski definition) is 3. The summed E-state index contributed by atoms with van der Waals surface area (Å²) in [5.41, 5.74) is 1.71. The highest BCUT2D eigenvalue weighted by Gasteiger charge is 2.32. The van der Waals surface area contributed by atoms with E-state index in [1.807, 2.05) is 20.0 Å². The molecule has 0 saturated carbocycles. The van der Waals surface area contributed by atoms with Crippen molar-refractivity contribution in [1.29, 1.82) is 0 Å². The van der Waals surface area contributed by atoms with E-state index in [1.54, 1.807) is 4.68 Å². The molecule has 5 nitrogen and oxygen atoms in total. The van der Waals surface area contributed by atoms with Gasteiger partial charge in [-0.05, 0) is 37.8 Å². The lowest BCUT2D eigenvalue weighted by molar-refractivity contribution is 0.0923. The second-order valence-corrected chi connectivity index (χ2v) is 6.10. The van der Waals surface area contributed by atoms with E-state index in [4.69, 9.17) is 0 Å². The van der Waals surface area contributed by atoms with Gasteiger partial charge in [-0.15, -0.1) is 12.4 Å². The van der Waals surface area contributed by atoms with Gasteiger partial charge in [0.05, 0.1) is 0 Å². The first-order chi connectivity index (χ1) is 8.90. The van der Waals surface area contributed by atoms with E-state index >= 15 is 0 Å². The number of carbonyl (C=O) groups is 1. The Morgan fingerprint density at radius 3 is 2.85 bits per heavy atom. The topological polar surface area (TPSA) is 59.0 Å². The summed E-state index contributed by atoms with van der Waals surface area (Å²) in [5.74, 6) is -0.0909. The number of carbonyl (C=O) groups excluding carboxylic acids is 1. The zero-order valence-electron chi connectivity index (χ0n) is 12.7. The van der Waals surface area contributed by atoms with Crippen molar-refractivity contribution in [3.05, 3.63) is 17.5 Å². The lowest BCUT2D eigenvalue weighted by atomic mass is 9.77. The third-order valence-electron chi connectivity index (χ3n) is 4.15. The first kappa shape index (κ1) is 17.0. The number of hydrogen-bond donors (Lipinski definition) is 2. The third kappa shape index (κ3) is 3.73. The number of amides is 1. The molecule has 1 aromatic heterocycles. The predicted octanol–water partition coefficient (Wildman–Crippen LogP) is 1.66. The highest BCUT2D eigenvalue weighted by Crippen LogP contribution is 2.29. The molecule has 6 heteroatoms. The van der Waals surface area contributed by atoms with E-state index in [1.165, 1.54) is 12.8 Å². The number of nitrogens with one attached hydrogen (secondary N) is 2. The van der Waals surface area contributed by atoms with Crippen LogP contribution in [0.4, 0.5) is 0 Å². The number of aryl methyl sites for hydroxylation is 2. The van der Waals surface area contributed by atoms with Gasteiger partial charge in [0.2, 0.25) is 0 Å². The molecule has 2 rings (SSSR count). The molecule has 0 aliphatic carbocycles. The molecule has 20 heavy (non-hydrogen) atoms. The van der Waals surface area contributed by atoms with Crippen LogP contribution in [0.25, 0.3) is 0 Å². The minimum Gasteiger partial charge on any atom is -0.349 e. The van der Waals surface area contributed by atoms with Gasteiger partial charge in [0.15, 0.2) is 0 Å². The summed E-state index contributed by atoms with van der Waals surface area (Å²) in [5, 5.41) is 10.7. The molecule has 1 aliphatic rings. The highest BCUT2D eigenvalue weighted by molar-refractivity contribution is 5.92. The molecule has 1 atom stereocenters. The largest absolute Gasteiger partial charge is 0.349 e. The average Bonchev–Trinajstić information content (AvgIpc) is 2.67. The summed E-state index contributed by atoms with van der Waals surface area (Å²) in [6.07, 6.45) is 2.40. The minimum absolute atomic E-state index is 0. The molecule has 0 bridgehead atoms. The lowest BCUT2D eigenvalue weighted by Gasteiger charge is -2.39. The number of piperidine rings is 1. The molecule has 1 aliphatic heterocycles. The van der Waals surface area contributed by atoms with Crippen molar-refractivity contribution >= 4 is 18.3 Å². The second-order valence-electron chi connectivity index (χ2n) is 6.10. The molecule has 1 saturated heterocycles. The smallest absolute Gasteiger partial charge is 0.271 e. The fraction of sp³-hybridized carbons (Fsp3) is 0.714. The van der Waals surface area contributed by atoms with Crippen LogP contribution in [0, 0.1) is 12.3 Å². The minimum atomic E-state index is -0.0909. The van der Waals surface area contributed by atoms with Gasteiger partial charge in [-0.25, -0.2) is 0 Å². The molecular weight excluding hydrogens is 276 g/mol. The summed E-state index contributed by atoms with van der Waals surface area (Å²) >= 11 is 0. The molecule has 1 unspecified atom stereocenters. The Morgan fingerprint density at radius 2 is 2.30 bits per heavy atom. The van der Waals surface area contributed by atoms with Gasteiger partial charge in [0.25, 0.3) is 5.91 Å². The Hall–Kier alpha value is -1.07. The number of nitrogens with zero attached hydrogens (tertiary/aromatic N) is 2. The van der Waals surface area contributed by atoms with Crippen LogP contribution in [0.1, 0.15) is 42.9 Å². The van der Waals surface area contributed by atoms with Gasteiger partial charge in [-0.2, -0.15) is 5.10 Å². The molecule has 2 heterocycles. The van der Waals surface area contributed by atoms with Gasteiger partial charge in [-0.3, -0.25) is 9.48 Å². The summed E-state index contributed by atoms with van der Waals surface area (Å²) in [6, 6.07) is 2.14. The predicted molar refractivity (Wildman–Crippen MR) is 82.3 cm³/mol. The van der Waals surface area contributed by atoms with Crippen LogP contribution in [-0.4, -0.2) is 34.8 Å². The summed E-state index contributed by atoms with van der Waals surface area (Å²) in [6.45, 7) is 8.13. The SMILES string of the molecule is Cc1cc(C(=O)NCC2NCCCC2(C)C)nn1C.Cl. The van der Waals surface area contributed by atoms with E-state index in [0.717, 1.165) is 12.2 Å². The van der Waals surface area contributed by atoms with Crippen molar-refractivity contribution in [3.8, 4) is 0 Å². The maximum absolute atomic E-state index is 12.0. The van der Waals surface area contributed by atoms with E-state index < -0.39 is 0 Å². The Kier molecular flexibility index (Phi) is 5.59. The Balaban J connectivity index is 0.00000200. The first-order valence-electron chi connectivity index (χ1n) is 6.92. The molecule has 0 spiro atoms. The molecule has 1 aromatic rings. The third-order valence-corrected chi connectivity index (χ3v) is 4.15. The Bertz CT molecular complexity index is 450. The Labute approximate surface area is 126 Å². The van der Waals surface area contributed by atoms with Crippen LogP contribution in [0.2, 0.25) is 0 Å². The van der Waals surface area contributed by atoms with Crippen molar-refractivity contribution in [2.75, 3.05) is 13.1 Å². The molecule has 0 aromatic carbocycles. The maximum atomic E-state index is 12.0. The van der Waals surface area contributed by atoms with Crippen molar-refractivity contribution in [2.45, 2.75) is 39.7 Å². The quantitative estimate of drug-likeness (QED) is 0.892. The molecule has 114 valence electrons. The van der Waals surface area contributed by atoms with Crippen molar-refractivity contribution in [1.82, 2.24) is 20.4 Å². The van der Waals surface area contributed by atoms with E-state index in [9.17, 15) is 4.79 Å². The molecular formula is C14H25ClN4O. The van der Waals surface area contributed by atoms with Crippen LogP contribution in [0.3, 0.4) is 0 Å². The highest BCUT2D eigenvalue weighted by atomic mass is 35.5. The Morgan fingerprint density at radius 1 is 1.60 bits per heavy atom. The summed E-state index contributed by atoms with van der Waals surface area (Å²) in [7, 11) is 1.85. The summed E-state index contributed by atoms with van der Waals surface area (Å²) < 4.78 is 1.72. The number of aromatic nitrogens is 2. The number of halogens is 1. The fourth-order valence-electron chi connectivity index (χ4n) is 2.58. The fourth-order valence-corrected chi connectivity index (χ4v) is 2.58. The monoisotopic (exact) mass is 300 g/mol. The second kappa shape index (κ2) is 6.59. The van der Waals surface area contributed by atoms with Gasteiger partial charge in [0.1, 0.15) is 5.69 Å². The van der Waals surface area contributed by atoms with Gasteiger partial charge in [0, 0.05) is 25.3 Å². The lowest BCUT2D eigenvalue weighted by Crippen LogP contribution is -2.52. The van der Waals surface area contributed by atoms with Gasteiger partial charge in [-0.1, -0.05) is 13.8 Å². The molecule has 2 N–H and O–H groups in total. The van der Waals surface area contributed by atoms with E-state index in [2.05, 4.69) is 29.6 Å². The zero-order valence-corrected chi connectivity index (χ0v) is 13.5.